The van der Waals surface area contributed by atoms with Crippen molar-refractivity contribution in [2.24, 2.45) is 11.8 Å². The summed E-state index contributed by atoms with van der Waals surface area (Å²) in [5, 5.41) is 16.8. The van der Waals surface area contributed by atoms with Gasteiger partial charge in [-0.2, -0.15) is 0 Å². The number of carboxylic acids is 1. The van der Waals surface area contributed by atoms with Crippen molar-refractivity contribution in [1.82, 2.24) is 4.98 Å². The topological polar surface area (TPSA) is 79.3 Å². The Labute approximate surface area is 160 Å². The lowest BCUT2D eigenvalue weighted by Gasteiger charge is -2.23. The molecular weight excluding hydrogens is 360 g/mol. The number of hydrogen-bond donors (Lipinski definition) is 2. The molecule has 1 amide bonds. The summed E-state index contributed by atoms with van der Waals surface area (Å²) in [5.41, 5.74) is 1.77. The predicted molar refractivity (Wildman–Crippen MR) is 107 cm³/mol. The monoisotopic (exact) mass is 378 g/mol. The molecule has 0 saturated carbocycles. The fraction of sp³-hybridized carbons (Fsp3) is 0.190. The molecule has 1 aliphatic carbocycles. The van der Waals surface area contributed by atoms with Crippen molar-refractivity contribution in [3.05, 3.63) is 60.0 Å². The van der Waals surface area contributed by atoms with E-state index in [2.05, 4.69) is 28.5 Å². The average Bonchev–Trinajstić information content (AvgIpc) is 3.16. The SMILES string of the molecule is O=C(O)[C@@H]1CC=CC[C@H]1C(=O)Nc1nc(-c2ccc3ccccc3c2)cs1. The van der Waals surface area contributed by atoms with E-state index in [1.165, 1.54) is 11.3 Å². The molecule has 0 radical (unpaired) electrons. The van der Waals surface area contributed by atoms with E-state index in [0.717, 1.165) is 22.0 Å². The number of nitrogens with one attached hydrogen (secondary N) is 1. The lowest BCUT2D eigenvalue weighted by Crippen LogP contribution is -2.34. The minimum atomic E-state index is -0.935. The quantitative estimate of drug-likeness (QED) is 0.652. The Hall–Kier alpha value is -2.99. The molecule has 1 aromatic heterocycles. The molecule has 2 aromatic carbocycles. The zero-order chi connectivity index (χ0) is 18.8. The van der Waals surface area contributed by atoms with Gasteiger partial charge < -0.3 is 10.4 Å². The highest BCUT2D eigenvalue weighted by Gasteiger charge is 2.34. The summed E-state index contributed by atoms with van der Waals surface area (Å²) in [6.07, 6.45) is 4.51. The van der Waals surface area contributed by atoms with Crippen molar-refractivity contribution in [3.8, 4) is 11.3 Å². The first kappa shape index (κ1) is 17.4. The smallest absolute Gasteiger partial charge is 0.307 e. The van der Waals surface area contributed by atoms with Crippen molar-refractivity contribution in [2.75, 3.05) is 5.32 Å². The van der Waals surface area contributed by atoms with Gasteiger partial charge in [-0.25, -0.2) is 4.98 Å². The van der Waals surface area contributed by atoms with E-state index in [1.54, 1.807) is 0 Å². The molecule has 0 unspecified atom stereocenters. The fourth-order valence-electron chi connectivity index (χ4n) is 3.39. The highest BCUT2D eigenvalue weighted by Crippen LogP contribution is 2.30. The first-order valence-electron chi connectivity index (χ1n) is 8.75. The van der Waals surface area contributed by atoms with Crippen LogP contribution < -0.4 is 5.32 Å². The molecular formula is C21H18N2O3S. The number of aromatic nitrogens is 1. The molecule has 4 rings (SSSR count). The van der Waals surface area contributed by atoms with E-state index in [4.69, 9.17) is 0 Å². The number of carboxylic acid groups (broad SMARTS) is 1. The normalized spacial score (nSPS) is 19.1. The first-order valence-corrected chi connectivity index (χ1v) is 9.63. The summed E-state index contributed by atoms with van der Waals surface area (Å²) in [7, 11) is 0. The number of anilines is 1. The number of carbonyl (C=O) groups is 2. The van der Waals surface area contributed by atoms with Gasteiger partial charge in [0.15, 0.2) is 5.13 Å². The lowest BCUT2D eigenvalue weighted by molar-refractivity contribution is -0.146. The Morgan fingerprint density at radius 2 is 1.78 bits per heavy atom. The summed E-state index contributed by atoms with van der Waals surface area (Å²) < 4.78 is 0. The third-order valence-corrected chi connectivity index (χ3v) is 5.62. The van der Waals surface area contributed by atoms with Crippen LogP contribution in [0.2, 0.25) is 0 Å². The van der Waals surface area contributed by atoms with Gasteiger partial charge in [0.1, 0.15) is 0 Å². The van der Waals surface area contributed by atoms with Gasteiger partial charge in [-0.15, -0.1) is 11.3 Å². The van der Waals surface area contributed by atoms with Crippen molar-refractivity contribution in [2.45, 2.75) is 12.8 Å². The van der Waals surface area contributed by atoms with E-state index < -0.39 is 17.8 Å². The van der Waals surface area contributed by atoms with Crippen molar-refractivity contribution < 1.29 is 14.7 Å². The molecule has 0 spiro atoms. The largest absolute Gasteiger partial charge is 0.481 e. The minimum Gasteiger partial charge on any atom is -0.481 e. The molecule has 6 heteroatoms. The van der Waals surface area contributed by atoms with E-state index in [9.17, 15) is 14.7 Å². The van der Waals surface area contributed by atoms with Gasteiger partial charge in [-0.3, -0.25) is 9.59 Å². The molecule has 0 fully saturated rings. The van der Waals surface area contributed by atoms with Crippen LogP contribution in [0, 0.1) is 11.8 Å². The van der Waals surface area contributed by atoms with Crippen LogP contribution in [0.1, 0.15) is 12.8 Å². The summed E-state index contributed by atoms with van der Waals surface area (Å²) in [6, 6.07) is 14.2. The van der Waals surface area contributed by atoms with Gasteiger partial charge in [0.25, 0.3) is 0 Å². The number of hydrogen-bond acceptors (Lipinski definition) is 4. The zero-order valence-electron chi connectivity index (χ0n) is 14.5. The number of aliphatic carboxylic acids is 1. The summed E-state index contributed by atoms with van der Waals surface area (Å²) >= 11 is 1.34. The Kier molecular flexibility index (Phi) is 4.73. The van der Waals surface area contributed by atoms with E-state index >= 15 is 0 Å². The highest BCUT2D eigenvalue weighted by molar-refractivity contribution is 7.14. The zero-order valence-corrected chi connectivity index (χ0v) is 15.3. The second-order valence-electron chi connectivity index (χ2n) is 6.58. The van der Waals surface area contributed by atoms with Gasteiger partial charge >= 0.3 is 5.97 Å². The summed E-state index contributed by atoms with van der Waals surface area (Å²) in [5.74, 6) is -2.47. The number of benzene rings is 2. The third kappa shape index (κ3) is 3.61. The second kappa shape index (κ2) is 7.32. The van der Waals surface area contributed by atoms with Crippen molar-refractivity contribution in [3.63, 3.8) is 0 Å². The van der Waals surface area contributed by atoms with Crippen LogP contribution >= 0.6 is 11.3 Å². The standard InChI is InChI=1S/C21H18N2O3S/c24-19(16-7-3-4-8-17(16)20(25)26)23-21-22-18(12-27-21)15-10-9-13-5-1-2-6-14(13)11-15/h1-6,9-12,16-17H,7-8H2,(H,25,26)(H,22,23,24)/t16-,17-/m1/s1. The Morgan fingerprint density at radius 1 is 1.04 bits per heavy atom. The molecule has 0 aliphatic heterocycles. The molecule has 136 valence electrons. The van der Waals surface area contributed by atoms with Crippen LogP contribution in [0.4, 0.5) is 5.13 Å². The third-order valence-electron chi connectivity index (χ3n) is 4.87. The maximum absolute atomic E-state index is 12.6. The van der Waals surface area contributed by atoms with Crippen LogP contribution in [0.5, 0.6) is 0 Å². The molecule has 0 saturated heterocycles. The second-order valence-corrected chi connectivity index (χ2v) is 7.44. The lowest BCUT2D eigenvalue weighted by atomic mass is 9.82. The molecule has 1 heterocycles. The molecule has 0 bridgehead atoms. The molecule has 2 N–H and O–H groups in total. The summed E-state index contributed by atoms with van der Waals surface area (Å²) in [4.78, 5) is 28.5. The van der Waals surface area contributed by atoms with Gasteiger partial charge in [0.2, 0.25) is 5.91 Å². The number of fused-ring (bicyclic) bond motifs is 1. The molecule has 3 aromatic rings. The number of nitrogens with zero attached hydrogens (tertiary/aromatic N) is 1. The highest BCUT2D eigenvalue weighted by atomic mass is 32.1. The van der Waals surface area contributed by atoms with Crippen LogP contribution in [-0.2, 0) is 9.59 Å². The molecule has 5 nitrogen and oxygen atoms in total. The van der Waals surface area contributed by atoms with Crippen LogP contribution in [-0.4, -0.2) is 22.0 Å². The first-order chi connectivity index (χ1) is 13.1. The Morgan fingerprint density at radius 3 is 2.56 bits per heavy atom. The summed E-state index contributed by atoms with van der Waals surface area (Å²) in [6.45, 7) is 0. The number of carbonyl (C=O) groups excluding carboxylic acids is 1. The van der Waals surface area contributed by atoms with Crippen molar-refractivity contribution in [1.29, 1.82) is 0 Å². The van der Waals surface area contributed by atoms with E-state index in [1.807, 2.05) is 41.8 Å². The predicted octanol–water partition coefficient (Wildman–Crippen LogP) is 4.57. The average molecular weight is 378 g/mol. The molecule has 27 heavy (non-hydrogen) atoms. The van der Waals surface area contributed by atoms with E-state index in [-0.39, 0.29) is 5.91 Å². The Bertz CT molecular complexity index is 1040. The maximum Gasteiger partial charge on any atom is 0.307 e. The van der Waals surface area contributed by atoms with Crippen molar-refractivity contribution >= 4 is 39.1 Å². The number of rotatable bonds is 4. The van der Waals surface area contributed by atoms with Gasteiger partial charge in [-0.1, -0.05) is 48.6 Å². The minimum absolute atomic E-state index is 0.286. The maximum atomic E-state index is 12.6. The van der Waals surface area contributed by atoms with Gasteiger partial charge in [0, 0.05) is 10.9 Å². The van der Waals surface area contributed by atoms with Gasteiger partial charge in [-0.05, 0) is 29.7 Å². The van der Waals surface area contributed by atoms with Crippen LogP contribution in [0.15, 0.2) is 60.0 Å². The van der Waals surface area contributed by atoms with Crippen LogP contribution in [0.3, 0.4) is 0 Å². The fourth-order valence-corrected chi connectivity index (χ4v) is 4.11. The number of allylic oxidation sites excluding steroid dienone is 2. The number of thiazole rings is 1. The van der Waals surface area contributed by atoms with Crippen LogP contribution in [0.25, 0.3) is 22.0 Å². The number of amides is 1. The molecule has 2 atom stereocenters. The van der Waals surface area contributed by atoms with E-state index in [0.29, 0.717) is 18.0 Å². The molecule has 1 aliphatic rings. The van der Waals surface area contributed by atoms with Gasteiger partial charge in [0.05, 0.1) is 17.5 Å². The Balaban J connectivity index is 1.52.